The molecule has 3 rings (SSSR count). The summed E-state index contributed by atoms with van der Waals surface area (Å²) in [6.07, 6.45) is 0.611. The molecule has 0 spiro atoms. The van der Waals surface area contributed by atoms with Gasteiger partial charge in [0.2, 0.25) is 5.89 Å². The second-order valence-corrected chi connectivity index (χ2v) is 5.25. The molecule has 0 bridgehead atoms. The Labute approximate surface area is 129 Å². The summed E-state index contributed by atoms with van der Waals surface area (Å²) in [6.45, 7) is 1.86. The molecule has 0 saturated carbocycles. The van der Waals surface area contributed by atoms with Crippen molar-refractivity contribution < 1.29 is 14.1 Å². The quantitative estimate of drug-likeness (QED) is 0.811. The summed E-state index contributed by atoms with van der Waals surface area (Å²) < 4.78 is 5.04. The first-order valence-electron chi connectivity index (χ1n) is 6.18. The van der Waals surface area contributed by atoms with Crippen molar-refractivity contribution in [3.63, 3.8) is 0 Å². The number of carbonyl (C=O) groups is 2. The van der Waals surface area contributed by atoms with Crippen molar-refractivity contribution in [2.75, 3.05) is 4.90 Å². The maximum Gasteiger partial charge on any atom is 0.300 e. The van der Waals surface area contributed by atoms with E-state index >= 15 is 0 Å². The maximum absolute atomic E-state index is 12.1. The van der Waals surface area contributed by atoms with Gasteiger partial charge in [-0.05, 0) is 12.1 Å². The normalized spacial score (nSPS) is 14.0. The van der Waals surface area contributed by atoms with Gasteiger partial charge < -0.3 is 4.52 Å². The molecule has 0 aliphatic carbocycles. The Morgan fingerprint density at radius 3 is 2.62 bits per heavy atom. The van der Waals surface area contributed by atoms with Crippen molar-refractivity contribution in [1.82, 2.24) is 10.1 Å². The average Bonchev–Trinajstić information content (AvgIpc) is 3.02. The molecule has 21 heavy (non-hydrogen) atoms. The summed E-state index contributed by atoms with van der Waals surface area (Å²) in [5, 5.41) is 4.21. The van der Waals surface area contributed by atoms with Crippen LogP contribution in [0.4, 0.5) is 5.69 Å². The lowest BCUT2D eigenvalue weighted by Gasteiger charge is -2.15. The van der Waals surface area contributed by atoms with Gasteiger partial charge in [-0.15, -0.1) is 0 Å². The number of nitrogens with zero attached hydrogens (tertiary/aromatic N) is 3. The van der Waals surface area contributed by atoms with Crippen molar-refractivity contribution in [3.05, 3.63) is 39.5 Å². The molecule has 1 aromatic carbocycles. The number of amides is 1. The summed E-state index contributed by atoms with van der Waals surface area (Å²) in [5.74, 6) is -0.638. The van der Waals surface area contributed by atoms with E-state index in [0.29, 0.717) is 12.2 Å². The van der Waals surface area contributed by atoms with E-state index in [-0.39, 0.29) is 33.7 Å². The van der Waals surface area contributed by atoms with Crippen LogP contribution in [-0.2, 0) is 17.8 Å². The van der Waals surface area contributed by atoms with Gasteiger partial charge in [0, 0.05) is 6.42 Å². The molecule has 6 nitrogen and oxygen atoms in total. The fraction of sp³-hybridized carbons (Fsp3) is 0.231. The Morgan fingerprint density at radius 2 is 1.95 bits per heavy atom. The molecule has 8 heteroatoms. The van der Waals surface area contributed by atoms with Crippen LogP contribution in [0.5, 0.6) is 0 Å². The van der Waals surface area contributed by atoms with E-state index in [4.69, 9.17) is 27.7 Å². The van der Waals surface area contributed by atoms with Gasteiger partial charge in [0.15, 0.2) is 5.82 Å². The van der Waals surface area contributed by atoms with E-state index < -0.39 is 11.7 Å². The van der Waals surface area contributed by atoms with Crippen molar-refractivity contribution >= 4 is 40.6 Å². The van der Waals surface area contributed by atoms with Crippen molar-refractivity contribution in [3.8, 4) is 0 Å². The van der Waals surface area contributed by atoms with Crippen LogP contribution in [0.3, 0.4) is 0 Å². The molecule has 1 aliphatic heterocycles. The smallest absolute Gasteiger partial charge is 0.300 e. The number of aromatic nitrogens is 2. The monoisotopic (exact) mass is 325 g/mol. The van der Waals surface area contributed by atoms with Gasteiger partial charge in [-0.3, -0.25) is 14.5 Å². The number of anilines is 1. The topological polar surface area (TPSA) is 76.3 Å². The van der Waals surface area contributed by atoms with Gasteiger partial charge in [-0.2, -0.15) is 4.98 Å². The number of halogens is 2. The molecule has 0 N–H and O–H groups in total. The zero-order valence-corrected chi connectivity index (χ0v) is 12.4. The van der Waals surface area contributed by atoms with Gasteiger partial charge in [0.25, 0.3) is 11.7 Å². The lowest BCUT2D eigenvalue weighted by Crippen LogP contribution is -2.29. The van der Waals surface area contributed by atoms with Gasteiger partial charge >= 0.3 is 0 Å². The highest BCUT2D eigenvalue weighted by atomic mass is 35.5. The predicted octanol–water partition coefficient (Wildman–Crippen LogP) is 2.67. The van der Waals surface area contributed by atoms with Gasteiger partial charge in [0.05, 0.1) is 21.3 Å². The highest BCUT2D eigenvalue weighted by Crippen LogP contribution is 2.40. The zero-order chi connectivity index (χ0) is 15.1. The SMILES string of the molecule is CCc1noc(CN2C(=O)C(=O)c3c(Cl)ccc(Cl)c32)n1. The Hall–Kier alpha value is -1.92. The van der Waals surface area contributed by atoms with Crippen LogP contribution in [0, 0.1) is 0 Å². The van der Waals surface area contributed by atoms with Crippen molar-refractivity contribution in [1.29, 1.82) is 0 Å². The Balaban J connectivity index is 2.03. The molecule has 0 saturated heterocycles. The lowest BCUT2D eigenvalue weighted by atomic mass is 10.1. The Bertz CT molecular complexity index is 757. The summed E-state index contributed by atoms with van der Waals surface area (Å²) >= 11 is 12.1. The standard InChI is InChI=1S/C13H9Cl2N3O3/c1-2-8-16-9(21-17-8)5-18-11-7(15)4-3-6(14)10(11)12(19)13(18)20/h3-4H,2,5H2,1H3. The molecule has 1 amide bonds. The summed E-state index contributed by atoms with van der Waals surface area (Å²) in [5.41, 5.74) is 0.403. The first kappa shape index (κ1) is 14.0. The molecule has 0 fully saturated rings. The molecule has 108 valence electrons. The summed E-state index contributed by atoms with van der Waals surface area (Å²) in [4.78, 5) is 29.5. The second kappa shape index (κ2) is 5.13. The van der Waals surface area contributed by atoms with Crippen LogP contribution in [0.15, 0.2) is 16.7 Å². The highest BCUT2D eigenvalue weighted by Gasteiger charge is 2.40. The number of aryl methyl sites for hydroxylation is 1. The molecular formula is C13H9Cl2N3O3. The predicted molar refractivity (Wildman–Crippen MR) is 75.7 cm³/mol. The minimum absolute atomic E-state index is 0.0232. The number of carbonyl (C=O) groups excluding carboxylic acids is 2. The van der Waals surface area contributed by atoms with E-state index in [1.54, 1.807) is 0 Å². The molecule has 0 radical (unpaired) electrons. The molecule has 0 unspecified atom stereocenters. The Morgan fingerprint density at radius 1 is 1.24 bits per heavy atom. The number of Topliss-reactive ketones (excluding diaryl/α,β-unsaturated/α-hetero) is 1. The van der Waals surface area contributed by atoms with E-state index in [1.807, 2.05) is 6.92 Å². The third-order valence-corrected chi connectivity index (χ3v) is 3.75. The van der Waals surface area contributed by atoms with Crippen LogP contribution >= 0.6 is 23.2 Å². The molecule has 1 aliphatic rings. The number of hydrogen-bond acceptors (Lipinski definition) is 5. The lowest BCUT2D eigenvalue weighted by molar-refractivity contribution is -0.114. The summed E-state index contributed by atoms with van der Waals surface area (Å²) in [7, 11) is 0. The average molecular weight is 326 g/mol. The fourth-order valence-corrected chi connectivity index (χ4v) is 2.63. The third kappa shape index (κ3) is 2.20. The number of rotatable bonds is 3. The maximum atomic E-state index is 12.1. The largest absolute Gasteiger partial charge is 0.337 e. The van der Waals surface area contributed by atoms with Gasteiger partial charge in [-0.1, -0.05) is 35.3 Å². The van der Waals surface area contributed by atoms with Crippen molar-refractivity contribution in [2.24, 2.45) is 0 Å². The summed E-state index contributed by atoms with van der Waals surface area (Å²) in [6, 6.07) is 3.02. The molecule has 0 atom stereocenters. The van der Waals surface area contributed by atoms with E-state index in [2.05, 4.69) is 10.1 Å². The number of hydrogen-bond donors (Lipinski definition) is 0. The molecule has 2 aromatic rings. The number of ketones is 1. The third-order valence-electron chi connectivity index (χ3n) is 3.13. The minimum Gasteiger partial charge on any atom is -0.337 e. The van der Waals surface area contributed by atoms with Gasteiger partial charge in [-0.25, -0.2) is 0 Å². The molecule has 1 aromatic heterocycles. The van der Waals surface area contributed by atoms with E-state index in [1.165, 1.54) is 17.0 Å². The second-order valence-electron chi connectivity index (χ2n) is 4.43. The first-order valence-corrected chi connectivity index (χ1v) is 6.94. The first-order chi connectivity index (χ1) is 10.0. The van der Waals surface area contributed by atoms with Crippen LogP contribution < -0.4 is 4.90 Å². The zero-order valence-electron chi connectivity index (χ0n) is 10.9. The van der Waals surface area contributed by atoms with Crippen molar-refractivity contribution in [2.45, 2.75) is 19.9 Å². The minimum atomic E-state index is -0.712. The number of benzene rings is 1. The number of fused-ring (bicyclic) bond motifs is 1. The van der Waals surface area contributed by atoms with E-state index in [0.717, 1.165) is 0 Å². The highest BCUT2D eigenvalue weighted by molar-refractivity contribution is 6.56. The van der Waals surface area contributed by atoms with Crippen LogP contribution in [0.1, 0.15) is 29.0 Å². The Kier molecular flexibility index (Phi) is 3.43. The fourth-order valence-electron chi connectivity index (χ4n) is 2.14. The van der Waals surface area contributed by atoms with Crippen LogP contribution in [0.25, 0.3) is 0 Å². The molecule has 2 heterocycles. The van der Waals surface area contributed by atoms with Gasteiger partial charge in [0.1, 0.15) is 6.54 Å². The van der Waals surface area contributed by atoms with Crippen LogP contribution in [0.2, 0.25) is 10.0 Å². The van der Waals surface area contributed by atoms with Crippen LogP contribution in [-0.4, -0.2) is 21.8 Å². The van der Waals surface area contributed by atoms with E-state index in [9.17, 15) is 9.59 Å². The molecular weight excluding hydrogens is 317 g/mol.